The highest BCUT2D eigenvalue weighted by atomic mass is 16.6. The molecule has 0 aliphatic heterocycles. The van der Waals surface area contributed by atoms with E-state index < -0.39 is 40.3 Å². The highest BCUT2D eigenvalue weighted by Gasteiger charge is 2.30. The molecule has 0 fully saturated rings. The normalized spacial score (nSPS) is 10.8. The van der Waals surface area contributed by atoms with Gasteiger partial charge in [0.2, 0.25) is 5.76 Å². The number of nitrogens with one attached hydrogen (secondary N) is 1. The zero-order chi connectivity index (χ0) is 42.7. The standard InChI is InChI=1S/C48H45N3O8/c1-25-17-26(2)30(6)39(29(25)5)22-56-35-13-9-11-33(19-35)41-24-58-45(48(55)59-47(54)37-15-16-42(52)38(21-49)44(37)46(53)51-50)43(41)34-12-10-14-36(20-34)57-23-40-31(7)27(3)18-28(4)32(40)8/h9-20,24,52H,22-23,50H2,1-8H3,(H,51,53). The second kappa shape index (κ2) is 17.1. The van der Waals surface area contributed by atoms with E-state index in [1.807, 2.05) is 35.8 Å². The van der Waals surface area contributed by atoms with Gasteiger partial charge >= 0.3 is 11.9 Å². The van der Waals surface area contributed by atoms with Crippen LogP contribution >= 0.6 is 0 Å². The molecule has 6 aromatic rings. The van der Waals surface area contributed by atoms with Crippen molar-refractivity contribution in [3.8, 4) is 45.6 Å². The largest absolute Gasteiger partial charge is 0.507 e. The summed E-state index contributed by atoms with van der Waals surface area (Å²) in [6.45, 7) is 17.3. The number of furan rings is 1. The van der Waals surface area contributed by atoms with E-state index in [9.17, 15) is 24.8 Å². The van der Waals surface area contributed by atoms with Crippen LogP contribution in [0.15, 0.2) is 83.5 Å². The number of rotatable bonds is 11. The van der Waals surface area contributed by atoms with Gasteiger partial charge in [-0.05, 0) is 159 Å². The summed E-state index contributed by atoms with van der Waals surface area (Å²) in [5, 5.41) is 19.8. The Morgan fingerprint density at radius 3 is 1.73 bits per heavy atom. The van der Waals surface area contributed by atoms with Crippen molar-refractivity contribution in [2.24, 2.45) is 5.84 Å². The van der Waals surface area contributed by atoms with Crippen LogP contribution in [0.25, 0.3) is 22.3 Å². The average Bonchev–Trinajstić information content (AvgIpc) is 3.68. The van der Waals surface area contributed by atoms with E-state index in [1.165, 1.54) is 28.5 Å². The number of phenolic OH excluding ortho intramolecular Hbond substituents is 1. The number of phenols is 1. The molecule has 0 aliphatic rings. The van der Waals surface area contributed by atoms with E-state index in [0.29, 0.717) is 47.0 Å². The van der Waals surface area contributed by atoms with Crippen molar-refractivity contribution >= 4 is 17.8 Å². The molecule has 1 aromatic heterocycles. The van der Waals surface area contributed by atoms with E-state index in [4.69, 9.17) is 24.5 Å². The summed E-state index contributed by atoms with van der Waals surface area (Å²) >= 11 is 0. The molecule has 5 aromatic carbocycles. The summed E-state index contributed by atoms with van der Waals surface area (Å²) in [4.78, 5) is 40.2. The third-order valence-electron chi connectivity index (χ3n) is 11.1. The van der Waals surface area contributed by atoms with Gasteiger partial charge in [-0.2, -0.15) is 5.26 Å². The first-order valence-electron chi connectivity index (χ1n) is 18.9. The maximum Gasteiger partial charge on any atom is 0.382 e. The predicted octanol–water partition coefficient (Wildman–Crippen LogP) is 9.42. The van der Waals surface area contributed by atoms with Crippen LogP contribution in [0.5, 0.6) is 17.2 Å². The summed E-state index contributed by atoms with van der Waals surface area (Å²) in [7, 11) is 0. The third-order valence-corrected chi connectivity index (χ3v) is 11.1. The van der Waals surface area contributed by atoms with E-state index >= 15 is 0 Å². The lowest BCUT2D eigenvalue weighted by Crippen LogP contribution is -2.32. The van der Waals surface area contributed by atoms with Crippen LogP contribution in [0.1, 0.15) is 92.5 Å². The number of nitrogen functional groups attached to an aromatic ring is 1. The quantitative estimate of drug-likeness (QED) is 0.0377. The number of nitrogens with two attached hydrogens (primary N) is 1. The predicted molar refractivity (Wildman–Crippen MR) is 223 cm³/mol. The summed E-state index contributed by atoms with van der Waals surface area (Å²) < 4.78 is 23.9. The average molecular weight is 792 g/mol. The first kappa shape index (κ1) is 41.5. The Bertz CT molecular complexity index is 2650. The van der Waals surface area contributed by atoms with Crippen molar-refractivity contribution in [1.82, 2.24) is 5.43 Å². The molecule has 1 heterocycles. The van der Waals surface area contributed by atoms with Crippen LogP contribution in [-0.4, -0.2) is 23.0 Å². The number of carbonyl (C=O) groups is 3. The molecule has 1 amide bonds. The Kier molecular flexibility index (Phi) is 12.0. The van der Waals surface area contributed by atoms with Crippen molar-refractivity contribution in [1.29, 1.82) is 5.26 Å². The molecule has 0 radical (unpaired) electrons. The zero-order valence-electron chi connectivity index (χ0n) is 34.2. The minimum atomic E-state index is -1.28. The lowest BCUT2D eigenvalue weighted by molar-refractivity contribution is 0.0374. The number of esters is 2. The SMILES string of the molecule is Cc1cc(C)c(C)c(COc2cccc(-c3coc(C(=O)OC(=O)c4ccc(O)c(C#N)c4C(=O)NN)c3-c3cccc(OCc4c(C)c(C)cc(C)c4C)c3)c2)c1C. The Balaban J connectivity index is 1.40. The summed E-state index contributed by atoms with van der Waals surface area (Å²) in [5.41, 5.74) is 13.7. The number of benzene rings is 5. The van der Waals surface area contributed by atoms with E-state index in [-0.39, 0.29) is 5.76 Å². The summed E-state index contributed by atoms with van der Waals surface area (Å²) in [5.74, 6) is 2.02. The number of nitrogens with zero attached hydrogens (tertiary/aromatic N) is 1. The number of aryl methyl sites for hydroxylation is 4. The summed E-state index contributed by atoms with van der Waals surface area (Å²) in [6, 6.07) is 22.6. The van der Waals surface area contributed by atoms with E-state index in [2.05, 4.69) is 67.5 Å². The lowest BCUT2D eigenvalue weighted by atomic mass is 9.94. The molecule has 0 aliphatic carbocycles. The molecule has 0 spiro atoms. The topological polar surface area (TPSA) is 174 Å². The minimum absolute atomic E-state index is 0.300. The molecule has 0 atom stereocenters. The van der Waals surface area contributed by atoms with Crippen LogP contribution in [0.3, 0.4) is 0 Å². The van der Waals surface area contributed by atoms with Gasteiger partial charge in [0.1, 0.15) is 48.4 Å². The van der Waals surface area contributed by atoms with Gasteiger partial charge in [-0.1, -0.05) is 36.4 Å². The fourth-order valence-electron chi connectivity index (χ4n) is 7.21. The number of hydrazine groups is 1. The monoisotopic (exact) mass is 791 g/mol. The van der Waals surface area contributed by atoms with Gasteiger partial charge < -0.3 is 23.7 Å². The van der Waals surface area contributed by atoms with Crippen molar-refractivity contribution in [3.05, 3.63) is 157 Å². The second-order valence-corrected chi connectivity index (χ2v) is 14.6. The van der Waals surface area contributed by atoms with Gasteiger partial charge in [-0.25, -0.2) is 15.4 Å². The molecule has 0 saturated carbocycles. The number of amides is 1. The Labute approximate surface area is 342 Å². The number of carbonyl (C=O) groups excluding carboxylic acids is 3. The third kappa shape index (κ3) is 8.30. The molecule has 300 valence electrons. The van der Waals surface area contributed by atoms with Gasteiger partial charge in [0.05, 0.1) is 11.1 Å². The zero-order valence-corrected chi connectivity index (χ0v) is 34.2. The summed E-state index contributed by atoms with van der Waals surface area (Å²) in [6.07, 6.45) is 1.39. The molecule has 59 heavy (non-hydrogen) atoms. The van der Waals surface area contributed by atoms with Crippen LogP contribution in [0.2, 0.25) is 0 Å². The van der Waals surface area contributed by atoms with Crippen molar-refractivity contribution < 1.29 is 38.1 Å². The minimum Gasteiger partial charge on any atom is -0.507 e. The van der Waals surface area contributed by atoms with Gasteiger partial charge in [0.15, 0.2) is 0 Å². The highest BCUT2D eigenvalue weighted by Crippen LogP contribution is 2.40. The van der Waals surface area contributed by atoms with Crippen molar-refractivity contribution in [3.63, 3.8) is 0 Å². The number of ether oxygens (including phenoxy) is 3. The Morgan fingerprint density at radius 2 is 1.22 bits per heavy atom. The second-order valence-electron chi connectivity index (χ2n) is 14.6. The molecule has 6 rings (SSSR count). The molecule has 4 N–H and O–H groups in total. The molecule has 0 saturated heterocycles. The fraction of sp³-hybridized carbons (Fsp3) is 0.208. The Morgan fingerprint density at radius 1 is 0.712 bits per heavy atom. The molecule has 11 nitrogen and oxygen atoms in total. The molecule has 0 bridgehead atoms. The molecule has 0 unspecified atom stereocenters. The van der Waals surface area contributed by atoms with Crippen LogP contribution in [0.4, 0.5) is 0 Å². The maximum atomic E-state index is 14.0. The highest BCUT2D eigenvalue weighted by molar-refractivity contribution is 6.12. The van der Waals surface area contributed by atoms with Gasteiger partial charge in [-0.15, -0.1) is 0 Å². The molecule has 11 heteroatoms. The molecular weight excluding hydrogens is 747 g/mol. The van der Waals surface area contributed by atoms with Crippen molar-refractivity contribution in [2.75, 3.05) is 0 Å². The van der Waals surface area contributed by atoms with Crippen molar-refractivity contribution in [2.45, 2.75) is 68.6 Å². The number of aromatic hydroxyl groups is 1. The van der Waals surface area contributed by atoms with Gasteiger partial charge in [0, 0.05) is 11.1 Å². The first-order valence-corrected chi connectivity index (χ1v) is 18.9. The number of hydrogen-bond donors (Lipinski definition) is 3. The van der Waals surface area contributed by atoms with Crippen LogP contribution in [-0.2, 0) is 18.0 Å². The smallest absolute Gasteiger partial charge is 0.382 e. The first-order chi connectivity index (χ1) is 28.1. The Hall–Kier alpha value is -7.16. The van der Waals surface area contributed by atoms with E-state index in [0.717, 1.165) is 45.5 Å². The van der Waals surface area contributed by atoms with Gasteiger partial charge in [-0.3, -0.25) is 10.2 Å². The van der Waals surface area contributed by atoms with Crippen LogP contribution in [0, 0.1) is 66.7 Å². The number of hydrogen-bond acceptors (Lipinski definition) is 10. The maximum absolute atomic E-state index is 14.0. The van der Waals surface area contributed by atoms with Gasteiger partial charge in [0.25, 0.3) is 5.91 Å². The number of nitriles is 1. The fourth-order valence-corrected chi connectivity index (χ4v) is 7.21. The molecular formula is C48H45N3O8. The lowest BCUT2D eigenvalue weighted by Gasteiger charge is -2.17. The van der Waals surface area contributed by atoms with E-state index in [1.54, 1.807) is 24.3 Å². The van der Waals surface area contributed by atoms with Crippen LogP contribution < -0.4 is 20.7 Å².